The number of amides is 1. The number of pyridine rings is 1. The Balaban J connectivity index is 1.57. The quantitative estimate of drug-likeness (QED) is 0.203. The maximum Gasteiger partial charge on any atom is 0.404 e. The molecule has 0 atom stereocenters. The highest BCUT2D eigenvalue weighted by atomic mass is 19.1. The lowest BCUT2D eigenvalue weighted by Crippen LogP contribution is -2.38. The summed E-state index contributed by atoms with van der Waals surface area (Å²) in [6.07, 6.45) is 2.15. The van der Waals surface area contributed by atoms with Gasteiger partial charge in [-0.25, -0.2) is 18.9 Å². The molecule has 0 aliphatic carbocycles. The number of carboxylic acid groups (broad SMARTS) is 1. The van der Waals surface area contributed by atoms with Crippen molar-refractivity contribution in [2.45, 2.75) is 12.1 Å². The molecule has 7 nitrogen and oxygen atoms in total. The Hall–Kier alpha value is -5.63. The summed E-state index contributed by atoms with van der Waals surface area (Å²) in [5.41, 5.74) is 4.63. The number of nitrogens with zero attached hydrogens (tertiary/aromatic N) is 4. The lowest BCUT2D eigenvalue weighted by Gasteiger charge is -2.35. The van der Waals surface area contributed by atoms with Gasteiger partial charge in [0.2, 0.25) is 0 Å². The molecule has 0 saturated carbocycles. The molecular formula is C34H26FN5O2. The lowest BCUT2D eigenvalue weighted by molar-refractivity contribution is 0.194. The number of hydrogen-bond donors (Lipinski definition) is 2. The van der Waals surface area contributed by atoms with E-state index in [4.69, 9.17) is 10.1 Å². The van der Waals surface area contributed by atoms with Crippen molar-refractivity contribution in [1.29, 1.82) is 0 Å². The average molecular weight is 556 g/mol. The summed E-state index contributed by atoms with van der Waals surface area (Å²) in [6.45, 7) is 0.0110. The van der Waals surface area contributed by atoms with E-state index in [9.17, 15) is 14.3 Å². The van der Waals surface area contributed by atoms with Gasteiger partial charge in [-0.15, -0.1) is 5.10 Å². The number of aromatic nitrogens is 4. The van der Waals surface area contributed by atoms with E-state index < -0.39 is 11.6 Å². The van der Waals surface area contributed by atoms with E-state index in [1.807, 2.05) is 59.3 Å². The molecule has 8 heteroatoms. The summed E-state index contributed by atoms with van der Waals surface area (Å²) >= 11 is 0. The van der Waals surface area contributed by atoms with Crippen molar-refractivity contribution >= 4 is 6.09 Å². The third kappa shape index (κ3) is 5.01. The van der Waals surface area contributed by atoms with Crippen molar-refractivity contribution in [1.82, 2.24) is 25.1 Å². The molecule has 0 saturated heterocycles. The third-order valence-corrected chi connectivity index (χ3v) is 7.21. The molecule has 206 valence electrons. The van der Waals surface area contributed by atoms with Gasteiger partial charge in [0, 0.05) is 29.4 Å². The zero-order chi connectivity index (χ0) is 28.9. The Labute approximate surface area is 242 Å². The highest BCUT2D eigenvalue weighted by Gasteiger charge is 2.39. The highest BCUT2D eigenvalue weighted by Crippen LogP contribution is 2.40. The largest absolute Gasteiger partial charge is 0.465 e. The Morgan fingerprint density at radius 2 is 1.33 bits per heavy atom. The van der Waals surface area contributed by atoms with Crippen LogP contribution in [0.15, 0.2) is 134 Å². The van der Waals surface area contributed by atoms with Gasteiger partial charge < -0.3 is 10.4 Å². The number of benzene rings is 4. The van der Waals surface area contributed by atoms with Crippen LogP contribution in [0.1, 0.15) is 22.3 Å². The van der Waals surface area contributed by atoms with Crippen molar-refractivity contribution in [3.05, 3.63) is 162 Å². The van der Waals surface area contributed by atoms with E-state index in [1.54, 1.807) is 30.7 Å². The average Bonchev–Trinajstić information content (AvgIpc) is 3.53. The molecule has 1 amide bonds. The first kappa shape index (κ1) is 26.6. The van der Waals surface area contributed by atoms with Gasteiger partial charge in [0.1, 0.15) is 17.7 Å². The Kier molecular flexibility index (Phi) is 7.26. The highest BCUT2D eigenvalue weighted by molar-refractivity contribution is 5.70. The van der Waals surface area contributed by atoms with Crippen LogP contribution >= 0.6 is 0 Å². The lowest BCUT2D eigenvalue weighted by atomic mass is 9.77. The van der Waals surface area contributed by atoms with Crippen LogP contribution in [0.25, 0.3) is 22.6 Å². The van der Waals surface area contributed by atoms with Crippen molar-refractivity contribution in [3.63, 3.8) is 0 Å². The van der Waals surface area contributed by atoms with Gasteiger partial charge in [-0.1, -0.05) is 91.0 Å². The molecule has 0 unspecified atom stereocenters. The molecule has 0 bridgehead atoms. The molecule has 2 heterocycles. The smallest absolute Gasteiger partial charge is 0.404 e. The fourth-order valence-corrected chi connectivity index (χ4v) is 5.27. The standard InChI is InChI=1S/C34H26FN5O2/c35-29-18-16-24(17-19-29)31-20-30(25(21-36-31)22-37-33(41)42)32-38-23-40(39-32)34(26-10-4-1-5-11-26,27-12-6-2-7-13-27)28-14-8-3-9-15-28/h1-21,23,37H,22H2,(H,41,42). The number of carbonyl (C=O) groups is 1. The van der Waals surface area contributed by atoms with E-state index in [1.165, 1.54) is 12.1 Å². The summed E-state index contributed by atoms with van der Waals surface area (Å²) in [7, 11) is 0. The minimum atomic E-state index is -1.15. The van der Waals surface area contributed by atoms with Crippen LogP contribution in [-0.4, -0.2) is 30.9 Å². The maximum atomic E-state index is 13.6. The zero-order valence-electron chi connectivity index (χ0n) is 22.4. The molecule has 6 aromatic rings. The first-order valence-electron chi connectivity index (χ1n) is 13.4. The number of hydrogen-bond acceptors (Lipinski definition) is 4. The number of halogens is 1. The first-order chi connectivity index (χ1) is 20.6. The van der Waals surface area contributed by atoms with Gasteiger partial charge in [0.25, 0.3) is 0 Å². The summed E-state index contributed by atoms with van der Waals surface area (Å²) in [4.78, 5) is 20.6. The first-order valence-corrected chi connectivity index (χ1v) is 13.4. The van der Waals surface area contributed by atoms with E-state index in [0.29, 0.717) is 28.2 Å². The summed E-state index contributed by atoms with van der Waals surface area (Å²) in [5, 5.41) is 16.8. The van der Waals surface area contributed by atoms with Crippen LogP contribution < -0.4 is 5.32 Å². The van der Waals surface area contributed by atoms with Gasteiger partial charge >= 0.3 is 6.09 Å². The van der Waals surface area contributed by atoms with E-state index in [-0.39, 0.29) is 12.4 Å². The SMILES string of the molecule is O=C(O)NCc1cnc(-c2ccc(F)cc2)cc1-c1ncn(C(c2ccccc2)(c2ccccc2)c2ccccc2)n1. The molecule has 0 aliphatic heterocycles. The monoisotopic (exact) mass is 555 g/mol. The molecule has 2 N–H and O–H groups in total. The van der Waals surface area contributed by atoms with Gasteiger partial charge in [-0.2, -0.15) is 0 Å². The van der Waals surface area contributed by atoms with Crippen LogP contribution in [0.5, 0.6) is 0 Å². The van der Waals surface area contributed by atoms with E-state index >= 15 is 0 Å². The second-order valence-electron chi connectivity index (χ2n) is 9.71. The topological polar surface area (TPSA) is 92.9 Å². The minimum Gasteiger partial charge on any atom is -0.465 e. The van der Waals surface area contributed by atoms with Crippen LogP contribution in [0.2, 0.25) is 0 Å². The Morgan fingerprint density at radius 3 is 1.86 bits per heavy atom. The summed E-state index contributed by atoms with van der Waals surface area (Å²) in [5.74, 6) is 0.0517. The fraction of sp³-hybridized carbons (Fsp3) is 0.0588. The molecule has 6 rings (SSSR count). The Morgan fingerprint density at radius 1 is 0.786 bits per heavy atom. The molecule has 4 aromatic carbocycles. The van der Waals surface area contributed by atoms with E-state index in [2.05, 4.69) is 46.7 Å². The van der Waals surface area contributed by atoms with E-state index in [0.717, 1.165) is 16.7 Å². The third-order valence-electron chi connectivity index (χ3n) is 7.21. The molecule has 42 heavy (non-hydrogen) atoms. The van der Waals surface area contributed by atoms with Gasteiger partial charge in [-0.3, -0.25) is 4.98 Å². The van der Waals surface area contributed by atoms with Gasteiger partial charge in [0.05, 0.1) is 5.69 Å². The molecule has 0 radical (unpaired) electrons. The van der Waals surface area contributed by atoms with Crippen molar-refractivity contribution in [2.24, 2.45) is 0 Å². The summed E-state index contributed by atoms with van der Waals surface area (Å²) < 4.78 is 15.5. The van der Waals surface area contributed by atoms with Gasteiger partial charge in [-0.05, 0) is 47.0 Å². The predicted octanol–water partition coefficient (Wildman–Crippen LogP) is 6.75. The molecule has 2 aromatic heterocycles. The van der Waals surface area contributed by atoms with Crippen molar-refractivity contribution in [3.8, 4) is 22.6 Å². The number of nitrogens with one attached hydrogen (secondary N) is 1. The molecule has 0 aliphatic rings. The van der Waals surface area contributed by atoms with Crippen LogP contribution in [0.3, 0.4) is 0 Å². The van der Waals surface area contributed by atoms with Gasteiger partial charge in [0.15, 0.2) is 5.82 Å². The summed E-state index contributed by atoms with van der Waals surface area (Å²) in [6, 6.07) is 38.2. The minimum absolute atomic E-state index is 0.0110. The molecule has 0 spiro atoms. The predicted molar refractivity (Wildman–Crippen MR) is 158 cm³/mol. The second kappa shape index (κ2) is 11.5. The van der Waals surface area contributed by atoms with Crippen molar-refractivity contribution in [2.75, 3.05) is 0 Å². The van der Waals surface area contributed by atoms with Crippen molar-refractivity contribution < 1.29 is 14.3 Å². The molecule has 0 fully saturated rings. The maximum absolute atomic E-state index is 13.6. The van der Waals surface area contributed by atoms with Crippen LogP contribution in [0, 0.1) is 5.82 Å². The zero-order valence-corrected chi connectivity index (χ0v) is 22.4. The molecular weight excluding hydrogens is 529 g/mol. The van der Waals surface area contributed by atoms with Crippen LogP contribution in [-0.2, 0) is 12.1 Å². The van der Waals surface area contributed by atoms with Crippen LogP contribution in [0.4, 0.5) is 9.18 Å². The fourth-order valence-electron chi connectivity index (χ4n) is 5.27. The normalized spacial score (nSPS) is 11.3. The Bertz CT molecular complexity index is 1710. The second-order valence-corrected chi connectivity index (χ2v) is 9.71. The number of rotatable bonds is 8.